The molecule has 0 bridgehead atoms. The van der Waals surface area contributed by atoms with Crippen LogP contribution in [0.2, 0.25) is 0 Å². The second-order valence-corrected chi connectivity index (χ2v) is 6.47. The molecule has 1 aliphatic rings. The minimum absolute atomic E-state index is 0.264. The fraction of sp³-hybridized carbons (Fsp3) is 0.400. The number of rotatable bonds is 6. The summed E-state index contributed by atoms with van der Waals surface area (Å²) in [5.41, 5.74) is 2.46. The van der Waals surface area contributed by atoms with Gasteiger partial charge >= 0.3 is 0 Å². The Morgan fingerprint density at radius 2 is 1.80 bits per heavy atom. The third-order valence-electron chi connectivity index (χ3n) is 4.74. The number of alkyl halides is 1. The van der Waals surface area contributed by atoms with Gasteiger partial charge in [-0.25, -0.2) is 4.39 Å². The summed E-state index contributed by atoms with van der Waals surface area (Å²) in [5.74, 6) is 1.63. The molecule has 5 heteroatoms. The summed E-state index contributed by atoms with van der Waals surface area (Å²) in [6.45, 7) is 0.585. The molecule has 0 fully saturated rings. The molecule has 3 rings (SSSR count). The van der Waals surface area contributed by atoms with Gasteiger partial charge in [0.1, 0.15) is 11.4 Å². The Labute approximate surface area is 152 Å². The maximum absolute atomic E-state index is 13.4. The fourth-order valence-corrected chi connectivity index (χ4v) is 3.68. The average molecular weight is 365 g/mol. The van der Waals surface area contributed by atoms with Crippen molar-refractivity contribution in [2.75, 3.05) is 26.7 Å². The Kier molecular flexibility index (Phi) is 5.50. The topological polar surface area (TPSA) is 27.7 Å². The molecule has 1 atom stereocenters. The van der Waals surface area contributed by atoms with Crippen LogP contribution in [0.25, 0.3) is 0 Å². The van der Waals surface area contributed by atoms with Crippen molar-refractivity contribution in [1.29, 1.82) is 0 Å². The number of halogens is 2. The minimum Gasteiger partial charge on any atom is -0.493 e. The molecule has 0 spiro atoms. The van der Waals surface area contributed by atoms with E-state index in [1.165, 1.54) is 12.1 Å². The number of fused-ring (bicyclic) bond motifs is 1. The van der Waals surface area contributed by atoms with Crippen LogP contribution in [0.3, 0.4) is 0 Å². The molecular formula is C20H22ClFO3. The minimum atomic E-state index is -0.657. The molecule has 1 aliphatic heterocycles. The van der Waals surface area contributed by atoms with E-state index in [1.807, 2.05) is 12.1 Å². The van der Waals surface area contributed by atoms with Crippen LogP contribution in [-0.4, -0.2) is 26.7 Å². The first kappa shape index (κ1) is 18.0. The van der Waals surface area contributed by atoms with E-state index in [-0.39, 0.29) is 5.82 Å². The zero-order valence-corrected chi connectivity index (χ0v) is 15.2. The monoisotopic (exact) mass is 364 g/mol. The Balaban J connectivity index is 2.18. The molecule has 3 nitrogen and oxygen atoms in total. The highest BCUT2D eigenvalue weighted by atomic mass is 35.5. The van der Waals surface area contributed by atoms with Gasteiger partial charge in [0.05, 0.1) is 20.8 Å². The first-order chi connectivity index (χ1) is 12.1. The molecule has 0 saturated heterocycles. The molecular weight excluding hydrogens is 343 g/mol. The number of ether oxygens (including phenoxy) is 3. The van der Waals surface area contributed by atoms with Crippen molar-refractivity contribution >= 4 is 11.6 Å². The van der Waals surface area contributed by atoms with Crippen LogP contribution in [0.1, 0.15) is 29.5 Å². The van der Waals surface area contributed by atoms with Gasteiger partial charge in [-0.3, -0.25) is 0 Å². The van der Waals surface area contributed by atoms with Gasteiger partial charge < -0.3 is 14.2 Å². The van der Waals surface area contributed by atoms with Gasteiger partial charge in [0.2, 0.25) is 0 Å². The number of benzene rings is 2. The van der Waals surface area contributed by atoms with Crippen LogP contribution in [-0.2, 0) is 16.8 Å². The van der Waals surface area contributed by atoms with Gasteiger partial charge in [0, 0.05) is 5.88 Å². The molecule has 1 heterocycles. The molecule has 2 aromatic rings. The standard InChI is InChI=1S/C20H22ClFO3/c1-23-18-12-14-8-11-25-20(9-3-10-21,17(14)13-19(18)24-2)15-4-6-16(22)7-5-15/h4-7,12-13H,3,8-11H2,1-2H3. The highest BCUT2D eigenvalue weighted by Gasteiger charge is 2.40. The van der Waals surface area contributed by atoms with Crippen molar-refractivity contribution in [3.8, 4) is 11.5 Å². The first-order valence-electron chi connectivity index (χ1n) is 8.36. The van der Waals surface area contributed by atoms with E-state index in [2.05, 4.69) is 0 Å². The summed E-state index contributed by atoms with van der Waals surface area (Å²) >= 11 is 5.97. The van der Waals surface area contributed by atoms with Crippen molar-refractivity contribution in [2.24, 2.45) is 0 Å². The fourth-order valence-electron chi connectivity index (χ4n) is 3.54. The number of hydrogen-bond donors (Lipinski definition) is 0. The predicted octanol–water partition coefficient (Wildman–Crippen LogP) is 4.68. The third-order valence-corrected chi connectivity index (χ3v) is 5.00. The van der Waals surface area contributed by atoms with Crippen LogP contribution in [0.15, 0.2) is 36.4 Å². The van der Waals surface area contributed by atoms with Crippen LogP contribution < -0.4 is 9.47 Å². The smallest absolute Gasteiger partial charge is 0.161 e. The first-order valence-corrected chi connectivity index (χ1v) is 8.89. The van der Waals surface area contributed by atoms with Gasteiger partial charge in [-0.15, -0.1) is 11.6 Å². The van der Waals surface area contributed by atoms with Gasteiger partial charge in [-0.2, -0.15) is 0 Å². The lowest BCUT2D eigenvalue weighted by Gasteiger charge is -2.40. The normalized spacial score (nSPS) is 19.4. The van der Waals surface area contributed by atoms with Crippen molar-refractivity contribution < 1.29 is 18.6 Å². The molecule has 0 N–H and O–H groups in total. The van der Waals surface area contributed by atoms with Crippen LogP contribution in [0.4, 0.5) is 4.39 Å². The SMILES string of the molecule is COc1cc2c(cc1OC)C(CCCCl)(c1ccc(F)cc1)OCC2. The van der Waals surface area contributed by atoms with Crippen molar-refractivity contribution in [2.45, 2.75) is 24.9 Å². The van der Waals surface area contributed by atoms with E-state index in [4.69, 9.17) is 25.8 Å². The largest absolute Gasteiger partial charge is 0.493 e. The summed E-state index contributed by atoms with van der Waals surface area (Å²) in [7, 11) is 3.25. The average Bonchev–Trinajstić information content (AvgIpc) is 2.65. The quantitative estimate of drug-likeness (QED) is 0.697. The van der Waals surface area contributed by atoms with E-state index >= 15 is 0 Å². The highest BCUT2D eigenvalue weighted by molar-refractivity contribution is 6.17. The third kappa shape index (κ3) is 3.33. The molecule has 25 heavy (non-hydrogen) atoms. The Bertz CT molecular complexity index is 732. The number of hydrogen-bond acceptors (Lipinski definition) is 3. The van der Waals surface area contributed by atoms with Crippen LogP contribution >= 0.6 is 11.6 Å². The summed E-state index contributed by atoms with van der Waals surface area (Å²) < 4.78 is 30.7. The van der Waals surface area contributed by atoms with Gasteiger partial charge in [-0.05, 0) is 60.2 Å². The second kappa shape index (κ2) is 7.63. The van der Waals surface area contributed by atoms with Gasteiger partial charge in [-0.1, -0.05) is 12.1 Å². The Morgan fingerprint density at radius 1 is 1.12 bits per heavy atom. The predicted molar refractivity (Wildman–Crippen MR) is 96.3 cm³/mol. The van der Waals surface area contributed by atoms with E-state index in [1.54, 1.807) is 26.4 Å². The molecule has 1 unspecified atom stereocenters. The van der Waals surface area contributed by atoms with Crippen molar-refractivity contribution in [1.82, 2.24) is 0 Å². The molecule has 0 radical (unpaired) electrons. The summed E-state index contributed by atoms with van der Waals surface area (Å²) in [6, 6.07) is 10.5. The maximum atomic E-state index is 13.4. The summed E-state index contributed by atoms with van der Waals surface area (Å²) in [6.07, 6.45) is 2.29. The lowest BCUT2D eigenvalue weighted by Crippen LogP contribution is -2.37. The van der Waals surface area contributed by atoms with Crippen LogP contribution in [0.5, 0.6) is 11.5 Å². The molecule has 0 aromatic heterocycles. The highest BCUT2D eigenvalue weighted by Crippen LogP contribution is 2.46. The van der Waals surface area contributed by atoms with Gasteiger partial charge in [0.15, 0.2) is 11.5 Å². The van der Waals surface area contributed by atoms with E-state index in [0.717, 1.165) is 29.5 Å². The summed E-state index contributed by atoms with van der Waals surface area (Å²) in [4.78, 5) is 0. The van der Waals surface area contributed by atoms with Crippen molar-refractivity contribution in [3.05, 3.63) is 58.9 Å². The molecule has 0 saturated carbocycles. The van der Waals surface area contributed by atoms with E-state index in [9.17, 15) is 4.39 Å². The molecule has 0 amide bonds. The zero-order valence-electron chi connectivity index (χ0n) is 14.5. The Hall–Kier alpha value is -1.78. The maximum Gasteiger partial charge on any atom is 0.161 e. The molecule has 134 valence electrons. The summed E-state index contributed by atoms with van der Waals surface area (Å²) in [5, 5.41) is 0. The van der Waals surface area contributed by atoms with Gasteiger partial charge in [0.25, 0.3) is 0 Å². The van der Waals surface area contributed by atoms with E-state index in [0.29, 0.717) is 30.4 Å². The Morgan fingerprint density at radius 3 is 2.44 bits per heavy atom. The zero-order chi connectivity index (χ0) is 17.9. The molecule has 2 aromatic carbocycles. The second-order valence-electron chi connectivity index (χ2n) is 6.09. The molecule has 0 aliphatic carbocycles. The number of methoxy groups -OCH3 is 2. The lowest BCUT2D eigenvalue weighted by atomic mass is 9.78. The lowest BCUT2D eigenvalue weighted by molar-refractivity contribution is -0.0352. The van der Waals surface area contributed by atoms with E-state index < -0.39 is 5.60 Å². The van der Waals surface area contributed by atoms with Crippen molar-refractivity contribution in [3.63, 3.8) is 0 Å². The van der Waals surface area contributed by atoms with Crippen LogP contribution in [0, 0.1) is 5.82 Å².